The minimum atomic E-state index is -0.279. The van der Waals surface area contributed by atoms with Gasteiger partial charge in [-0.15, -0.1) is 0 Å². The molecule has 1 aliphatic rings. The predicted octanol–water partition coefficient (Wildman–Crippen LogP) is 3.51. The highest BCUT2D eigenvalue weighted by atomic mass is 16.3. The second-order valence-electron chi connectivity index (χ2n) is 6.36. The van der Waals surface area contributed by atoms with Crippen molar-refractivity contribution in [2.45, 2.75) is 38.6 Å². The first-order chi connectivity index (χ1) is 12.2. The summed E-state index contributed by atoms with van der Waals surface area (Å²) in [6.07, 6.45) is 6.73. The zero-order chi connectivity index (χ0) is 17.6. The number of nitrogens with one attached hydrogen (secondary N) is 2. The summed E-state index contributed by atoms with van der Waals surface area (Å²) in [6, 6.07) is 8.76. The van der Waals surface area contributed by atoms with Crippen molar-refractivity contribution in [2.24, 2.45) is 11.7 Å². The van der Waals surface area contributed by atoms with E-state index in [2.05, 4.69) is 10.6 Å². The van der Waals surface area contributed by atoms with Crippen LogP contribution in [0.15, 0.2) is 41.0 Å². The molecule has 1 heterocycles. The number of carbonyl (C=O) groups excluding carboxylic acids is 2. The van der Waals surface area contributed by atoms with Crippen LogP contribution < -0.4 is 16.4 Å². The van der Waals surface area contributed by atoms with E-state index in [4.69, 9.17) is 10.2 Å². The Bertz CT molecular complexity index is 748. The van der Waals surface area contributed by atoms with E-state index in [-0.39, 0.29) is 24.3 Å². The molecule has 132 valence electrons. The summed E-state index contributed by atoms with van der Waals surface area (Å²) in [5.74, 6) is 0.427. The van der Waals surface area contributed by atoms with Crippen LogP contribution in [-0.2, 0) is 11.3 Å². The van der Waals surface area contributed by atoms with Crippen LogP contribution in [0, 0.1) is 5.92 Å². The van der Waals surface area contributed by atoms with Crippen molar-refractivity contribution in [2.75, 3.05) is 10.6 Å². The highest BCUT2D eigenvalue weighted by molar-refractivity contribution is 6.04. The quantitative estimate of drug-likeness (QED) is 0.775. The number of rotatable bonds is 5. The Balaban J connectivity index is 1.62. The molecule has 1 aliphatic carbocycles. The third-order valence-electron chi connectivity index (χ3n) is 4.48. The molecule has 3 rings (SSSR count). The first-order valence-corrected chi connectivity index (χ1v) is 8.65. The van der Waals surface area contributed by atoms with Crippen molar-refractivity contribution >= 4 is 23.2 Å². The number of hydrogen-bond donors (Lipinski definition) is 3. The smallest absolute Gasteiger partial charge is 0.258 e. The van der Waals surface area contributed by atoms with Gasteiger partial charge in [0.1, 0.15) is 12.0 Å². The molecule has 2 aromatic rings. The minimum absolute atomic E-state index is 0.0607. The van der Waals surface area contributed by atoms with E-state index in [1.807, 2.05) is 6.07 Å². The second-order valence-corrected chi connectivity index (χ2v) is 6.36. The number of nitrogens with two attached hydrogens (primary N) is 1. The van der Waals surface area contributed by atoms with Crippen molar-refractivity contribution in [1.29, 1.82) is 0 Å². The number of hydrogen-bond acceptors (Lipinski definition) is 4. The molecule has 1 aromatic carbocycles. The van der Waals surface area contributed by atoms with Crippen LogP contribution in [0.4, 0.5) is 11.4 Å². The largest absolute Gasteiger partial charge is 0.467 e. The molecule has 0 aliphatic heterocycles. The molecule has 1 saturated carbocycles. The molecular formula is C19H23N3O3. The van der Waals surface area contributed by atoms with Gasteiger partial charge in [-0.05, 0) is 37.1 Å². The van der Waals surface area contributed by atoms with E-state index in [9.17, 15) is 9.59 Å². The topological polar surface area (TPSA) is 97.4 Å². The molecular weight excluding hydrogens is 318 g/mol. The maximum Gasteiger partial charge on any atom is 0.258 e. The lowest BCUT2D eigenvalue weighted by Gasteiger charge is -2.20. The van der Waals surface area contributed by atoms with Gasteiger partial charge in [-0.3, -0.25) is 9.59 Å². The van der Waals surface area contributed by atoms with Gasteiger partial charge < -0.3 is 20.8 Å². The van der Waals surface area contributed by atoms with Gasteiger partial charge in [0.05, 0.1) is 12.1 Å². The number of furan rings is 1. The molecule has 4 N–H and O–H groups in total. The highest BCUT2D eigenvalue weighted by Gasteiger charge is 2.21. The summed E-state index contributed by atoms with van der Waals surface area (Å²) in [7, 11) is 0. The molecule has 2 amide bonds. The van der Waals surface area contributed by atoms with Crippen LogP contribution >= 0.6 is 0 Å². The lowest BCUT2D eigenvalue weighted by molar-refractivity contribution is -0.120. The number of carbonyl (C=O) groups is 2. The average molecular weight is 341 g/mol. The summed E-state index contributed by atoms with van der Waals surface area (Å²) in [4.78, 5) is 24.6. The van der Waals surface area contributed by atoms with Gasteiger partial charge in [-0.25, -0.2) is 0 Å². The minimum Gasteiger partial charge on any atom is -0.467 e. The van der Waals surface area contributed by atoms with E-state index in [0.717, 1.165) is 25.7 Å². The second kappa shape index (κ2) is 7.98. The van der Waals surface area contributed by atoms with Crippen LogP contribution in [0.1, 0.15) is 48.2 Å². The van der Waals surface area contributed by atoms with Gasteiger partial charge in [0.15, 0.2) is 0 Å². The fourth-order valence-corrected chi connectivity index (χ4v) is 3.09. The first-order valence-electron chi connectivity index (χ1n) is 8.65. The van der Waals surface area contributed by atoms with Gasteiger partial charge in [0.25, 0.3) is 5.91 Å². The van der Waals surface area contributed by atoms with Crippen molar-refractivity contribution in [3.8, 4) is 0 Å². The lowest BCUT2D eigenvalue weighted by Crippen LogP contribution is -2.24. The normalized spacial score (nSPS) is 14.9. The van der Waals surface area contributed by atoms with Gasteiger partial charge in [0, 0.05) is 17.3 Å². The molecule has 0 spiro atoms. The zero-order valence-corrected chi connectivity index (χ0v) is 14.1. The Labute approximate surface area is 146 Å². The molecule has 0 saturated heterocycles. The molecule has 0 radical (unpaired) electrons. The number of anilines is 2. The Kier molecular flexibility index (Phi) is 5.50. The van der Waals surface area contributed by atoms with Crippen LogP contribution in [0.5, 0.6) is 0 Å². The van der Waals surface area contributed by atoms with E-state index in [1.165, 1.54) is 12.7 Å². The van der Waals surface area contributed by atoms with E-state index < -0.39 is 0 Å². The Morgan fingerprint density at radius 2 is 1.80 bits per heavy atom. The summed E-state index contributed by atoms with van der Waals surface area (Å²) in [6.45, 7) is 0.246. The molecule has 25 heavy (non-hydrogen) atoms. The maximum absolute atomic E-state index is 12.3. The fourth-order valence-electron chi connectivity index (χ4n) is 3.09. The van der Waals surface area contributed by atoms with Crippen molar-refractivity contribution in [1.82, 2.24) is 0 Å². The summed E-state index contributed by atoms with van der Waals surface area (Å²) in [5, 5.41) is 5.75. The van der Waals surface area contributed by atoms with E-state index in [1.54, 1.807) is 24.3 Å². The predicted molar refractivity (Wildman–Crippen MR) is 96.2 cm³/mol. The molecule has 0 bridgehead atoms. The molecule has 1 fully saturated rings. The van der Waals surface area contributed by atoms with Crippen LogP contribution in [0.25, 0.3) is 0 Å². The standard InChI is InChI=1S/C19H23N3O3/c20-11-17-9-14(12-25-17)19(24)22-16-8-4-7-15(10-16)21-18(23)13-5-2-1-3-6-13/h4,7-10,12-13H,1-3,5-6,11,20H2,(H,21,23)(H,22,24). The number of amides is 2. The average Bonchev–Trinajstić information content (AvgIpc) is 3.12. The first kappa shape index (κ1) is 17.2. The van der Waals surface area contributed by atoms with E-state index >= 15 is 0 Å². The highest BCUT2D eigenvalue weighted by Crippen LogP contribution is 2.25. The Hall–Kier alpha value is -2.60. The fraction of sp³-hybridized carbons (Fsp3) is 0.368. The molecule has 0 atom stereocenters. The van der Waals surface area contributed by atoms with Crippen LogP contribution in [0.3, 0.4) is 0 Å². The zero-order valence-electron chi connectivity index (χ0n) is 14.1. The van der Waals surface area contributed by atoms with Crippen molar-refractivity contribution in [3.63, 3.8) is 0 Å². The SMILES string of the molecule is NCc1cc(C(=O)Nc2cccc(NC(=O)C3CCCCC3)c2)co1. The Morgan fingerprint density at radius 1 is 1.08 bits per heavy atom. The third-order valence-corrected chi connectivity index (χ3v) is 4.48. The van der Waals surface area contributed by atoms with Gasteiger partial charge in [-0.1, -0.05) is 25.3 Å². The molecule has 0 unspecified atom stereocenters. The van der Waals surface area contributed by atoms with Gasteiger partial charge in [-0.2, -0.15) is 0 Å². The Morgan fingerprint density at radius 3 is 2.48 bits per heavy atom. The van der Waals surface area contributed by atoms with Crippen LogP contribution in [0.2, 0.25) is 0 Å². The van der Waals surface area contributed by atoms with Crippen LogP contribution in [-0.4, -0.2) is 11.8 Å². The van der Waals surface area contributed by atoms with E-state index in [0.29, 0.717) is 22.7 Å². The summed E-state index contributed by atoms with van der Waals surface area (Å²) >= 11 is 0. The monoisotopic (exact) mass is 341 g/mol. The third kappa shape index (κ3) is 4.48. The van der Waals surface area contributed by atoms with Crippen molar-refractivity contribution < 1.29 is 14.0 Å². The summed E-state index contributed by atoms with van der Waals surface area (Å²) in [5.41, 5.74) is 7.19. The maximum atomic E-state index is 12.3. The lowest BCUT2D eigenvalue weighted by atomic mass is 9.88. The van der Waals surface area contributed by atoms with Crippen molar-refractivity contribution in [3.05, 3.63) is 47.9 Å². The number of benzene rings is 1. The molecule has 6 heteroatoms. The summed E-state index contributed by atoms with van der Waals surface area (Å²) < 4.78 is 5.17. The molecule has 1 aromatic heterocycles. The van der Waals surface area contributed by atoms with Gasteiger partial charge >= 0.3 is 0 Å². The molecule has 6 nitrogen and oxygen atoms in total. The van der Waals surface area contributed by atoms with Gasteiger partial charge in [0.2, 0.25) is 5.91 Å².